The zero-order valence-electron chi connectivity index (χ0n) is 16.1. The van der Waals surface area contributed by atoms with Gasteiger partial charge in [-0.15, -0.1) is 0 Å². The maximum absolute atomic E-state index is 14.1. The van der Waals surface area contributed by atoms with Crippen molar-refractivity contribution in [3.8, 4) is 10.7 Å². The van der Waals surface area contributed by atoms with E-state index in [1.54, 1.807) is 25.4 Å². The molecule has 12 heteroatoms. The molecule has 3 aromatic heterocycles. The number of aromatic nitrogens is 4. The van der Waals surface area contributed by atoms with Crippen LogP contribution in [0.4, 0.5) is 25.3 Å². The molecule has 0 atom stereocenters. The van der Waals surface area contributed by atoms with E-state index in [4.69, 9.17) is 5.73 Å². The summed E-state index contributed by atoms with van der Waals surface area (Å²) in [5.74, 6) is -3.09. The maximum atomic E-state index is 14.1. The molecule has 1 amide bonds. The van der Waals surface area contributed by atoms with Crippen molar-refractivity contribution in [2.45, 2.75) is 18.8 Å². The molecule has 9 nitrogen and oxygen atoms in total. The number of nitrogen functional groups attached to an aromatic ring is 1. The number of hydrazine groups is 1. The molecule has 1 saturated heterocycles. The predicted molar refractivity (Wildman–Crippen MR) is 110 cm³/mol. The molecule has 30 heavy (non-hydrogen) atoms. The molecule has 0 saturated carbocycles. The second kappa shape index (κ2) is 7.95. The Morgan fingerprint density at radius 2 is 2.23 bits per heavy atom. The lowest BCUT2D eigenvalue weighted by Crippen LogP contribution is -2.44. The van der Waals surface area contributed by atoms with Crippen LogP contribution in [0.15, 0.2) is 30.6 Å². The van der Waals surface area contributed by atoms with Gasteiger partial charge in [0, 0.05) is 26.2 Å². The summed E-state index contributed by atoms with van der Waals surface area (Å²) in [7, 11) is 1.62. The van der Waals surface area contributed by atoms with Gasteiger partial charge in [0.2, 0.25) is 0 Å². The van der Waals surface area contributed by atoms with E-state index in [1.807, 2.05) is 6.07 Å². The molecule has 158 valence electrons. The number of thiazole rings is 1. The van der Waals surface area contributed by atoms with Gasteiger partial charge in [0.15, 0.2) is 11.5 Å². The Labute approximate surface area is 174 Å². The van der Waals surface area contributed by atoms with Gasteiger partial charge in [0.05, 0.1) is 18.4 Å². The standard InChI is InChI=1S/C18H20F2N8OS/c1-27-17(28-10-18(19,20)6-4-8-23-28)12(9-24-27)25-15(29)13-14(21)30-16(26-13)11-5-2-3-7-22-11/h2-3,5,7,9,23H,4,6,8,10,21H2,1H3,(H,25,29). The second-order valence-corrected chi connectivity index (χ2v) is 7.89. The van der Waals surface area contributed by atoms with Crippen molar-refractivity contribution in [3.05, 3.63) is 36.3 Å². The van der Waals surface area contributed by atoms with Gasteiger partial charge >= 0.3 is 0 Å². The third-order valence-electron chi connectivity index (χ3n) is 4.58. The van der Waals surface area contributed by atoms with E-state index < -0.39 is 18.4 Å². The van der Waals surface area contributed by atoms with E-state index in [-0.39, 0.29) is 22.8 Å². The SMILES string of the molecule is Cn1ncc(NC(=O)c2nc(-c3ccccn3)sc2N)c1N1CC(F)(F)CCCN1. The number of halogens is 2. The molecular weight excluding hydrogens is 414 g/mol. The number of alkyl halides is 2. The average Bonchev–Trinajstić information content (AvgIpc) is 3.22. The number of anilines is 3. The molecule has 0 radical (unpaired) electrons. The number of nitrogens with zero attached hydrogens (tertiary/aromatic N) is 5. The smallest absolute Gasteiger partial charge is 0.277 e. The van der Waals surface area contributed by atoms with Crippen LogP contribution < -0.4 is 21.5 Å². The number of nitrogens with two attached hydrogens (primary N) is 1. The lowest BCUT2D eigenvalue weighted by Gasteiger charge is -2.27. The quantitative estimate of drug-likeness (QED) is 0.578. The molecule has 4 heterocycles. The Morgan fingerprint density at radius 1 is 1.40 bits per heavy atom. The minimum atomic E-state index is -2.86. The highest BCUT2D eigenvalue weighted by molar-refractivity contribution is 7.19. The molecule has 4 rings (SSSR count). The minimum Gasteiger partial charge on any atom is -0.389 e. The summed E-state index contributed by atoms with van der Waals surface area (Å²) in [5.41, 5.74) is 9.89. The number of hydrogen-bond acceptors (Lipinski definition) is 8. The topological polar surface area (TPSA) is 114 Å². The van der Waals surface area contributed by atoms with Crippen molar-refractivity contribution in [2.75, 3.05) is 29.1 Å². The van der Waals surface area contributed by atoms with Gasteiger partial charge in [-0.05, 0) is 18.6 Å². The summed E-state index contributed by atoms with van der Waals surface area (Å²) in [4.78, 5) is 21.3. The zero-order valence-corrected chi connectivity index (χ0v) is 16.9. The predicted octanol–water partition coefficient (Wildman–Crippen LogP) is 2.51. The maximum Gasteiger partial charge on any atom is 0.277 e. The third kappa shape index (κ3) is 4.09. The largest absolute Gasteiger partial charge is 0.389 e. The van der Waals surface area contributed by atoms with Crippen molar-refractivity contribution in [3.63, 3.8) is 0 Å². The number of amides is 1. The molecule has 0 spiro atoms. The Bertz CT molecular complexity index is 1050. The zero-order chi connectivity index (χ0) is 21.3. The van der Waals surface area contributed by atoms with Gasteiger partial charge in [-0.25, -0.2) is 23.9 Å². The van der Waals surface area contributed by atoms with E-state index in [0.717, 1.165) is 11.3 Å². The fourth-order valence-corrected chi connectivity index (χ4v) is 4.00. The Morgan fingerprint density at radius 3 is 3.00 bits per heavy atom. The van der Waals surface area contributed by atoms with E-state index in [9.17, 15) is 13.6 Å². The van der Waals surface area contributed by atoms with Crippen LogP contribution in [0, 0.1) is 0 Å². The van der Waals surface area contributed by atoms with Gasteiger partial charge in [-0.2, -0.15) is 5.10 Å². The van der Waals surface area contributed by atoms with Crippen LogP contribution in [-0.2, 0) is 7.05 Å². The fourth-order valence-electron chi connectivity index (χ4n) is 3.19. The summed E-state index contributed by atoms with van der Waals surface area (Å²) in [6, 6.07) is 5.36. The highest BCUT2D eigenvalue weighted by atomic mass is 32.1. The van der Waals surface area contributed by atoms with E-state index in [1.165, 1.54) is 15.9 Å². The molecule has 0 bridgehead atoms. The molecule has 4 N–H and O–H groups in total. The number of hydrogen-bond donors (Lipinski definition) is 3. The summed E-state index contributed by atoms with van der Waals surface area (Å²) >= 11 is 1.15. The van der Waals surface area contributed by atoms with Crippen molar-refractivity contribution in [1.82, 2.24) is 25.2 Å². The highest BCUT2D eigenvalue weighted by Gasteiger charge is 2.35. The monoisotopic (exact) mass is 434 g/mol. The van der Waals surface area contributed by atoms with Crippen LogP contribution in [0.5, 0.6) is 0 Å². The van der Waals surface area contributed by atoms with Crippen LogP contribution in [-0.4, -0.2) is 44.7 Å². The van der Waals surface area contributed by atoms with Gasteiger partial charge in [0.25, 0.3) is 11.8 Å². The van der Waals surface area contributed by atoms with Crippen molar-refractivity contribution in [2.24, 2.45) is 7.05 Å². The lowest BCUT2D eigenvalue weighted by molar-refractivity contribution is 0.00312. The Kier molecular flexibility index (Phi) is 5.35. The number of rotatable bonds is 4. The molecule has 1 aliphatic rings. The Balaban J connectivity index is 1.59. The van der Waals surface area contributed by atoms with Gasteiger partial charge in [0.1, 0.15) is 15.7 Å². The number of carbonyl (C=O) groups excluding carboxylic acids is 1. The van der Waals surface area contributed by atoms with Crippen LogP contribution >= 0.6 is 11.3 Å². The van der Waals surface area contributed by atoms with Crippen LogP contribution in [0.25, 0.3) is 10.7 Å². The molecular formula is C18H20F2N8OS. The summed E-state index contributed by atoms with van der Waals surface area (Å²) < 4.78 is 29.6. The number of pyridine rings is 1. The first-order valence-corrected chi connectivity index (χ1v) is 10.1. The fraction of sp³-hybridized carbons (Fsp3) is 0.333. The third-order valence-corrected chi connectivity index (χ3v) is 5.48. The number of aryl methyl sites for hydroxylation is 1. The van der Waals surface area contributed by atoms with Crippen molar-refractivity contribution in [1.29, 1.82) is 0 Å². The average molecular weight is 434 g/mol. The molecule has 3 aromatic rings. The number of nitrogens with one attached hydrogen (secondary N) is 2. The Hall–Kier alpha value is -3.12. The summed E-state index contributed by atoms with van der Waals surface area (Å²) in [5, 5.41) is 8.87. The molecule has 0 aromatic carbocycles. The van der Waals surface area contributed by atoms with Gasteiger partial charge in [-0.3, -0.25) is 14.8 Å². The van der Waals surface area contributed by atoms with E-state index in [0.29, 0.717) is 29.5 Å². The van der Waals surface area contributed by atoms with Crippen LogP contribution in [0.3, 0.4) is 0 Å². The molecule has 1 aliphatic heterocycles. The van der Waals surface area contributed by atoms with Crippen LogP contribution in [0.1, 0.15) is 23.3 Å². The summed E-state index contributed by atoms with van der Waals surface area (Å²) in [6.45, 7) is -0.140. The lowest BCUT2D eigenvalue weighted by atomic mass is 10.2. The first-order chi connectivity index (χ1) is 14.3. The minimum absolute atomic E-state index is 0.0459. The number of carbonyl (C=O) groups is 1. The van der Waals surface area contributed by atoms with Crippen molar-refractivity contribution >= 4 is 33.8 Å². The van der Waals surface area contributed by atoms with Gasteiger partial charge < -0.3 is 11.1 Å². The normalized spacial score (nSPS) is 16.3. The highest BCUT2D eigenvalue weighted by Crippen LogP contribution is 2.32. The molecule has 1 fully saturated rings. The van der Waals surface area contributed by atoms with Crippen LogP contribution in [0.2, 0.25) is 0 Å². The van der Waals surface area contributed by atoms with E-state index >= 15 is 0 Å². The second-order valence-electron chi connectivity index (χ2n) is 6.86. The molecule has 0 aliphatic carbocycles. The van der Waals surface area contributed by atoms with E-state index in [2.05, 4.69) is 25.8 Å². The van der Waals surface area contributed by atoms with Crippen molar-refractivity contribution < 1.29 is 13.6 Å². The van der Waals surface area contributed by atoms with Gasteiger partial charge in [-0.1, -0.05) is 17.4 Å². The molecule has 0 unspecified atom stereocenters. The summed E-state index contributed by atoms with van der Waals surface area (Å²) in [6.07, 6.45) is 3.16. The first kappa shape index (κ1) is 20.2. The first-order valence-electron chi connectivity index (χ1n) is 9.24.